The molecule has 1 aromatic heterocycles. The van der Waals surface area contributed by atoms with Gasteiger partial charge in [0.15, 0.2) is 0 Å². The summed E-state index contributed by atoms with van der Waals surface area (Å²) in [5.41, 5.74) is 6.12. The number of benzene rings is 1. The maximum atomic E-state index is 10.9. The molecule has 102 valence electrons. The molecule has 0 amide bonds. The van der Waals surface area contributed by atoms with Crippen molar-refractivity contribution in [3.63, 3.8) is 0 Å². The van der Waals surface area contributed by atoms with Crippen molar-refractivity contribution in [3.05, 3.63) is 57.8 Å². The first-order chi connectivity index (χ1) is 9.50. The number of hydrogen-bond acceptors (Lipinski definition) is 5. The van der Waals surface area contributed by atoms with E-state index in [0.29, 0.717) is 16.9 Å². The first-order valence-electron chi connectivity index (χ1n) is 5.72. The highest BCUT2D eigenvalue weighted by molar-refractivity contribution is 5.97. The van der Waals surface area contributed by atoms with Crippen molar-refractivity contribution in [1.29, 1.82) is 5.41 Å². The lowest BCUT2D eigenvalue weighted by Crippen LogP contribution is -2.13. The Kier molecular flexibility index (Phi) is 3.60. The second-order valence-electron chi connectivity index (χ2n) is 4.03. The predicted octanol–water partition coefficient (Wildman–Crippen LogP) is 2.37. The predicted molar refractivity (Wildman–Crippen MR) is 73.2 cm³/mol. The third kappa shape index (κ3) is 2.56. The van der Waals surface area contributed by atoms with Crippen molar-refractivity contribution in [2.75, 3.05) is 0 Å². The molecule has 1 heterocycles. The topological polar surface area (TPSA) is 115 Å². The molecule has 2 aromatic rings. The molecule has 0 radical (unpaired) electrons. The molecule has 0 bridgehead atoms. The quantitative estimate of drug-likeness (QED) is 0.383. The number of nitrogen functional groups attached to an aromatic ring is 1. The number of ether oxygens (including phenoxy) is 1. The van der Waals surface area contributed by atoms with Gasteiger partial charge in [0.1, 0.15) is 11.6 Å². The van der Waals surface area contributed by atoms with Gasteiger partial charge in [-0.25, -0.2) is 4.98 Å². The normalized spacial score (nSPS) is 10.1. The van der Waals surface area contributed by atoms with E-state index in [2.05, 4.69) is 4.98 Å². The fraction of sp³-hybridized carbons (Fsp3) is 0.0769. The summed E-state index contributed by atoms with van der Waals surface area (Å²) >= 11 is 0. The minimum absolute atomic E-state index is 0.0391. The number of pyridine rings is 1. The zero-order valence-electron chi connectivity index (χ0n) is 10.7. The van der Waals surface area contributed by atoms with E-state index in [1.54, 1.807) is 25.1 Å². The van der Waals surface area contributed by atoms with E-state index in [1.807, 2.05) is 0 Å². The third-order valence-corrected chi connectivity index (χ3v) is 2.72. The van der Waals surface area contributed by atoms with Crippen LogP contribution in [-0.2, 0) is 0 Å². The Morgan fingerprint density at radius 3 is 2.80 bits per heavy atom. The molecule has 2 rings (SSSR count). The van der Waals surface area contributed by atoms with E-state index >= 15 is 0 Å². The van der Waals surface area contributed by atoms with Gasteiger partial charge in [-0.05, 0) is 25.1 Å². The monoisotopic (exact) mass is 272 g/mol. The molecule has 0 aliphatic carbocycles. The fourth-order valence-electron chi connectivity index (χ4n) is 1.69. The van der Waals surface area contributed by atoms with Gasteiger partial charge in [-0.15, -0.1) is 0 Å². The summed E-state index contributed by atoms with van der Waals surface area (Å²) in [5, 5.41) is 18.3. The summed E-state index contributed by atoms with van der Waals surface area (Å²) in [6, 6.07) is 7.74. The summed E-state index contributed by atoms with van der Waals surface area (Å²) in [7, 11) is 0. The number of nitro groups is 1. The SMILES string of the molecule is Cc1c(Oc2ncccc2C(=N)N)cccc1[N+](=O)[O-]. The summed E-state index contributed by atoms with van der Waals surface area (Å²) in [5.74, 6) is 0.264. The van der Waals surface area contributed by atoms with Crippen LogP contribution in [0.5, 0.6) is 11.6 Å². The van der Waals surface area contributed by atoms with Crippen LogP contribution in [0.25, 0.3) is 0 Å². The van der Waals surface area contributed by atoms with E-state index in [1.165, 1.54) is 18.3 Å². The number of nitrogens with one attached hydrogen (secondary N) is 1. The van der Waals surface area contributed by atoms with Crippen molar-refractivity contribution in [2.45, 2.75) is 6.92 Å². The Morgan fingerprint density at radius 2 is 2.15 bits per heavy atom. The smallest absolute Gasteiger partial charge is 0.276 e. The first kappa shape index (κ1) is 13.5. The number of nitro benzene ring substituents is 1. The maximum Gasteiger partial charge on any atom is 0.276 e. The van der Waals surface area contributed by atoms with E-state index in [4.69, 9.17) is 15.9 Å². The maximum absolute atomic E-state index is 10.9. The molecule has 0 saturated carbocycles. The molecule has 0 unspecified atom stereocenters. The molecule has 0 spiro atoms. The molecular formula is C13H12N4O3. The third-order valence-electron chi connectivity index (χ3n) is 2.72. The van der Waals surface area contributed by atoms with Gasteiger partial charge in [0, 0.05) is 12.3 Å². The summed E-state index contributed by atoms with van der Waals surface area (Å²) < 4.78 is 5.56. The van der Waals surface area contributed by atoms with Crippen LogP contribution in [0.3, 0.4) is 0 Å². The lowest BCUT2D eigenvalue weighted by molar-refractivity contribution is -0.385. The van der Waals surface area contributed by atoms with Crippen LogP contribution in [0, 0.1) is 22.4 Å². The van der Waals surface area contributed by atoms with Gasteiger partial charge in [0.05, 0.1) is 16.1 Å². The van der Waals surface area contributed by atoms with Crippen molar-refractivity contribution < 1.29 is 9.66 Å². The van der Waals surface area contributed by atoms with E-state index in [0.717, 1.165) is 0 Å². The number of aromatic nitrogens is 1. The molecule has 0 aliphatic heterocycles. The van der Waals surface area contributed by atoms with Crippen molar-refractivity contribution in [3.8, 4) is 11.6 Å². The molecule has 0 atom stereocenters. The molecule has 3 N–H and O–H groups in total. The number of hydrogen-bond donors (Lipinski definition) is 2. The van der Waals surface area contributed by atoms with Gasteiger partial charge in [-0.1, -0.05) is 6.07 Å². The highest BCUT2D eigenvalue weighted by Gasteiger charge is 2.16. The van der Waals surface area contributed by atoms with Gasteiger partial charge >= 0.3 is 0 Å². The molecule has 0 saturated heterocycles. The summed E-state index contributed by atoms with van der Waals surface area (Å²) in [4.78, 5) is 14.4. The van der Waals surface area contributed by atoms with Crippen LogP contribution in [0.15, 0.2) is 36.5 Å². The van der Waals surface area contributed by atoms with Crippen molar-refractivity contribution in [2.24, 2.45) is 5.73 Å². The van der Waals surface area contributed by atoms with Crippen LogP contribution in [0.2, 0.25) is 0 Å². The second kappa shape index (κ2) is 5.35. The van der Waals surface area contributed by atoms with E-state index in [-0.39, 0.29) is 17.4 Å². The summed E-state index contributed by atoms with van der Waals surface area (Å²) in [6.45, 7) is 1.59. The molecule has 7 heteroatoms. The fourth-order valence-corrected chi connectivity index (χ4v) is 1.69. The van der Waals surface area contributed by atoms with Crippen LogP contribution >= 0.6 is 0 Å². The second-order valence-corrected chi connectivity index (χ2v) is 4.03. The van der Waals surface area contributed by atoms with Crippen LogP contribution < -0.4 is 10.5 Å². The Labute approximate surface area is 114 Å². The minimum Gasteiger partial charge on any atom is -0.438 e. The summed E-state index contributed by atoms with van der Waals surface area (Å²) in [6.07, 6.45) is 1.49. The highest BCUT2D eigenvalue weighted by atomic mass is 16.6. The number of nitrogens with two attached hydrogens (primary N) is 1. The number of amidine groups is 1. The molecule has 20 heavy (non-hydrogen) atoms. The molecule has 1 aromatic carbocycles. The van der Waals surface area contributed by atoms with Gasteiger partial charge in [-0.3, -0.25) is 15.5 Å². The minimum atomic E-state index is -0.480. The largest absolute Gasteiger partial charge is 0.438 e. The van der Waals surface area contributed by atoms with Crippen LogP contribution in [0.4, 0.5) is 5.69 Å². The standard InChI is InChI=1S/C13H12N4O3/c1-8-10(17(18)19)5-2-6-11(8)20-13-9(12(14)15)4-3-7-16-13/h2-7H,1H3,(H3,14,15). The first-order valence-corrected chi connectivity index (χ1v) is 5.72. The van der Waals surface area contributed by atoms with E-state index in [9.17, 15) is 10.1 Å². The Hall–Kier alpha value is -2.96. The van der Waals surface area contributed by atoms with Crippen molar-refractivity contribution in [1.82, 2.24) is 4.98 Å². The zero-order chi connectivity index (χ0) is 14.7. The van der Waals surface area contributed by atoms with Crippen LogP contribution in [-0.4, -0.2) is 15.7 Å². The lowest BCUT2D eigenvalue weighted by Gasteiger charge is -2.10. The van der Waals surface area contributed by atoms with E-state index < -0.39 is 4.92 Å². The number of nitrogens with zero attached hydrogens (tertiary/aromatic N) is 2. The average molecular weight is 272 g/mol. The Balaban J connectivity index is 2.43. The molecular weight excluding hydrogens is 260 g/mol. The number of rotatable bonds is 4. The zero-order valence-corrected chi connectivity index (χ0v) is 10.7. The average Bonchev–Trinajstić information content (AvgIpc) is 2.41. The lowest BCUT2D eigenvalue weighted by atomic mass is 10.2. The van der Waals surface area contributed by atoms with Gasteiger partial charge < -0.3 is 10.5 Å². The molecule has 0 aliphatic rings. The Bertz CT molecular complexity index is 685. The van der Waals surface area contributed by atoms with Crippen molar-refractivity contribution >= 4 is 11.5 Å². The van der Waals surface area contributed by atoms with Gasteiger partial charge in [0.25, 0.3) is 5.69 Å². The van der Waals surface area contributed by atoms with Crippen LogP contribution in [0.1, 0.15) is 11.1 Å². The van der Waals surface area contributed by atoms with Gasteiger partial charge in [0.2, 0.25) is 5.88 Å². The van der Waals surface area contributed by atoms with Gasteiger partial charge in [-0.2, -0.15) is 0 Å². The molecule has 0 fully saturated rings. The highest BCUT2D eigenvalue weighted by Crippen LogP contribution is 2.31. The Morgan fingerprint density at radius 1 is 1.40 bits per heavy atom. The molecule has 7 nitrogen and oxygen atoms in total.